The molecule has 0 bridgehead atoms. The SMILES string of the molecule is CC(C)Oc1ccccc1CNCc1nccn1C. The molecule has 0 saturated heterocycles. The summed E-state index contributed by atoms with van der Waals surface area (Å²) in [7, 11) is 2.00. The first-order chi connectivity index (χ1) is 9.16. The number of rotatable bonds is 6. The van der Waals surface area contributed by atoms with E-state index in [1.54, 1.807) is 0 Å². The fourth-order valence-electron chi connectivity index (χ4n) is 1.89. The van der Waals surface area contributed by atoms with Crippen molar-refractivity contribution in [3.63, 3.8) is 0 Å². The molecule has 0 aliphatic heterocycles. The molecule has 0 unspecified atom stereocenters. The van der Waals surface area contributed by atoms with E-state index in [0.29, 0.717) is 0 Å². The van der Waals surface area contributed by atoms with Crippen LogP contribution >= 0.6 is 0 Å². The Morgan fingerprint density at radius 1 is 1.26 bits per heavy atom. The first-order valence-electron chi connectivity index (χ1n) is 6.58. The average molecular weight is 259 g/mol. The second-order valence-corrected chi connectivity index (χ2v) is 4.83. The van der Waals surface area contributed by atoms with Crippen LogP contribution in [0.25, 0.3) is 0 Å². The molecular weight excluding hydrogens is 238 g/mol. The molecule has 0 spiro atoms. The maximum atomic E-state index is 5.80. The number of benzene rings is 1. The second-order valence-electron chi connectivity index (χ2n) is 4.83. The molecule has 0 atom stereocenters. The Labute approximate surface area is 114 Å². The standard InChI is InChI=1S/C15H21N3O/c1-12(2)19-14-7-5-4-6-13(14)10-16-11-15-17-8-9-18(15)3/h4-9,12,16H,10-11H2,1-3H3. The maximum Gasteiger partial charge on any atom is 0.124 e. The van der Waals surface area contributed by atoms with Crippen molar-refractivity contribution in [2.24, 2.45) is 7.05 Å². The van der Waals surface area contributed by atoms with Crippen LogP contribution < -0.4 is 10.1 Å². The molecule has 102 valence electrons. The number of imidazole rings is 1. The quantitative estimate of drug-likeness (QED) is 0.866. The highest BCUT2D eigenvalue weighted by atomic mass is 16.5. The molecule has 0 fully saturated rings. The molecule has 0 saturated carbocycles. The Kier molecular flexibility index (Phi) is 4.58. The Bertz CT molecular complexity index is 520. The minimum absolute atomic E-state index is 0.190. The monoisotopic (exact) mass is 259 g/mol. The first-order valence-corrected chi connectivity index (χ1v) is 6.58. The van der Waals surface area contributed by atoms with E-state index in [-0.39, 0.29) is 6.10 Å². The third kappa shape index (κ3) is 3.83. The molecule has 0 radical (unpaired) electrons. The summed E-state index contributed by atoms with van der Waals surface area (Å²) in [5.74, 6) is 1.98. The van der Waals surface area contributed by atoms with Gasteiger partial charge in [0.05, 0.1) is 12.6 Å². The normalized spacial score (nSPS) is 10.9. The molecule has 0 aliphatic rings. The lowest BCUT2D eigenvalue weighted by molar-refractivity contribution is 0.239. The minimum Gasteiger partial charge on any atom is -0.491 e. The van der Waals surface area contributed by atoms with E-state index in [2.05, 4.69) is 16.4 Å². The summed E-state index contributed by atoms with van der Waals surface area (Å²) in [5, 5.41) is 3.40. The van der Waals surface area contributed by atoms with Gasteiger partial charge in [-0.1, -0.05) is 18.2 Å². The van der Waals surface area contributed by atoms with Crippen molar-refractivity contribution in [1.82, 2.24) is 14.9 Å². The number of hydrogen-bond acceptors (Lipinski definition) is 3. The van der Waals surface area contributed by atoms with E-state index in [9.17, 15) is 0 Å². The minimum atomic E-state index is 0.190. The number of aryl methyl sites for hydroxylation is 1. The lowest BCUT2D eigenvalue weighted by Crippen LogP contribution is -2.17. The van der Waals surface area contributed by atoms with Crippen molar-refractivity contribution in [2.75, 3.05) is 0 Å². The fraction of sp³-hybridized carbons (Fsp3) is 0.400. The summed E-state index contributed by atoms with van der Waals surface area (Å²) < 4.78 is 7.81. The highest BCUT2D eigenvalue weighted by molar-refractivity contribution is 5.33. The number of nitrogens with one attached hydrogen (secondary N) is 1. The van der Waals surface area contributed by atoms with Crippen LogP contribution in [0.15, 0.2) is 36.7 Å². The van der Waals surface area contributed by atoms with Gasteiger partial charge >= 0.3 is 0 Å². The zero-order valence-electron chi connectivity index (χ0n) is 11.8. The molecule has 4 heteroatoms. The Hall–Kier alpha value is -1.81. The Morgan fingerprint density at radius 2 is 2.05 bits per heavy atom. The summed E-state index contributed by atoms with van der Waals surface area (Å²) in [6, 6.07) is 8.13. The predicted octanol–water partition coefficient (Wildman–Crippen LogP) is 2.50. The van der Waals surface area contributed by atoms with E-state index >= 15 is 0 Å². The highest BCUT2D eigenvalue weighted by Gasteiger charge is 2.05. The fourth-order valence-corrected chi connectivity index (χ4v) is 1.89. The smallest absolute Gasteiger partial charge is 0.124 e. The molecule has 0 amide bonds. The molecule has 2 rings (SSSR count). The zero-order valence-corrected chi connectivity index (χ0v) is 11.8. The van der Waals surface area contributed by atoms with Gasteiger partial charge in [-0.05, 0) is 19.9 Å². The highest BCUT2D eigenvalue weighted by Crippen LogP contribution is 2.19. The lowest BCUT2D eigenvalue weighted by Gasteiger charge is -2.14. The number of para-hydroxylation sites is 1. The van der Waals surface area contributed by atoms with Gasteiger partial charge < -0.3 is 14.6 Å². The van der Waals surface area contributed by atoms with Crippen molar-refractivity contribution >= 4 is 0 Å². The van der Waals surface area contributed by atoms with Crippen LogP contribution in [0, 0.1) is 0 Å². The zero-order chi connectivity index (χ0) is 13.7. The van der Waals surface area contributed by atoms with Crippen LogP contribution in [0.5, 0.6) is 5.75 Å². The predicted molar refractivity (Wildman–Crippen MR) is 76.0 cm³/mol. The number of ether oxygens (including phenoxy) is 1. The molecule has 1 heterocycles. The van der Waals surface area contributed by atoms with Crippen LogP contribution in [0.1, 0.15) is 25.2 Å². The summed E-state index contributed by atoms with van der Waals surface area (Å²) in [5.41, 5.74) is 1.17. The molecule has 1 aromatic carbocycles. The Morgan fingerprint density at radius 3 is 2.74 bits per heavy atom. The van der Waals surface area contributed by atoms with E-state index < -0.39 is 0 Å². The van der Waals surface area contributed by atoms with Crippen LogP contribution in [-0.2, 0) is 20.1 Å². The van der Waals surface area contributed by atoms with E-state index in [1.807, 2.05) is 56.1 Å². The number of hydrogen-bond donors (Lipinski definition) is 1. The van der Waals surface area contributed by atoms with Crippen molar-refractivity contribution in [2.45, 2.75) is 33.0 Å². The summed E-state index contributed by atoms with van der Waals surface area (Å²) >= 11 is 0. The van der Waals surface area contributed by atoms with Gasteiger partial charge in [-0.3, -0.25) is 0 Å². The third-order valence-electron chi connectivity index (χ3n) is 2.85. The molecule has 19 heavy (non-hydrogen) atoms. The maximum absolute atomic E-state index is 5.80. The molecule has 2 aromatic rings. The van der Waals surface area contributed by atoms with E-state index in [0.717, 1.165) is 24.7 Å². The lowest BCUT2D eigenvalue weighted by atomic mass is 10.2. The van der Waals surface area contributed by atoms with Crippen LogP contribution in [0.4, 0.5) is 0 Å². The van der Waals surface area contributed by atoms with Gasteiger partial charge in [-0.15, -0.1) is 0 Å². The third-order valence-corrected chi connectivity index (χ3v) is 2.85. The van der Waals surface area contributed by atoms with Gasteiger partial charge in [-0.25, -0.2) is 4.98 Å². The first kappa shape index (κ1) is 13.6. The summed E-state index contributed by atoms with van der Waals surface area (Å²) in [6.07, 6.45) is 3.95. The molecule has 1 aromatic heterocycles. The van der Waals surface area contributed by atoms with Gasteiger partial charge in [0, 0.05) is 31.5 Å². The largest absolute Gasteiger partial charge is 0.491 e. The van der Waals surface area contributed by atoms with Gasteiger partial charge in [0.2, 0.25) is 0 Å². The van der Waals surface area contributed by atoms with Crippen molar-refractivity contribution in [1.29, 1.82) is 0 Å². The van der Waals surface area contributed by atoms with Crippen molar-refractivity contribution in [3.05, 3.63) is 48.0 Å². The Balaban J connectivity index is 1.94. The number of aromatic nitrogens is 2. The summed E-state index contributed by atoms with van der Waals surface area (Å²) in [4.78, 5) is 4.29. The van der Waals surface area contributed by atoms with Gasteiger partial charge in [0.25, 0.3) is 0 Å². The van der Waals surface area contributed by atoms with E-state index in [1.165, 1.54) is 5.56 Å². The van der Waals surface area contributed by atoms with Gasteiger partial charge in [0.15, 0.2) is 0 Å². The van der Waals surface area contributed by atoms with Gasteiger partial charge in [-0.2, -0.15) is 0 Å². The topological polar surface area (TPSA) is 39.1 Å². The molecule has 4 nitrogen and oxygen atoms in total. The van der Waals surface area contributed by atoms with Crippen LogP contribution in [0.2, 0.25) is 0 Å². The van der Waals surface area contributed by atoms with Crippen molar-refractivity contribution in [3.8, 4) is 5.75 Å². The molecule has 0 aliphatic carbocycles. The van der Waals surface area contributed by atoms with Crippen LogP contribution in [-0.4, -0.2) is 15.7 Å². The van der Waals surface area contributed by atoms with Gasteiger partial charge in [0.1, 0.15) is 11.6 Å². The van der Waals surface area contributed by atoms with E-state index in [4.69, 9.17) is 4.74 Å². The number of nitrogens with zero attached hydrogens (tertiary/aromatic N) is 2. The summed E-state index contributed by atoms with van der Waals surface area (Å²) in [6.45, 7) is 5.60. The second kappa shape index (κ2) is 6.38. The molecular formula is C15H21N3O. The van der Waals surface area contributed by atoms with Crippen LogP contribution in [0.3, 0.4) is 0 Å². The average Bonchev–Trinajstić information content (AvgIpc) is 2.77. The molecule has 1 N–H and O–H groups in total. The van der Waals surface area contributed by atoms with Crippen molar-refractivity contribution < 1.29 is 4.74 Å².